The fourth-order valence-corrected chi connectivity index (χ4v) is 4.27. The number of nitrogens with one attached hydrogen (secondary N) is 1. The summed E-state index contributed by atoms with van der Waals surface area (Å²) in [6.07, 6.45) is 4.37. The fraction of sp³-hybridized carbons (Fsp3) is 0.160. The molecule has 0 amide bonds. The van der Waals surface area contributed by atoms with Crippen LogP contribution in [0.5, 0.6) is 0 Å². The maximum atomic E-state index is 6.26. The van der Waals surface area contributed by atoms with Gasteiger partial charge in [0, 0.05) is 10.4 Å². The van der Waals surface area contributed by atoms with Crippen molar-refractivity contribution in [3.05, 3.63) is 100 Å². The van der Waals surface area contributed by atoms with E-state index in [1.807, 2.05) is 12.3 Å². The summed E-state index contributed by atoms with van der Waals surface area (Å²) in [5, 5.41) is 9.17. The predicted octanol–water partition coefficient (Wildman–Crippen LogP) is 6.89. The standard InChI is InChI=1S/C25H21ClN2/c1-16-13-21(26)10-11-22(16)25(18-7-8-18)24(17-5-3-2-4-6-17)19-9-12-23-20(14-19)15-27-28-23/h2-6,9-15,18H,7-8H2,1H3,(H,27,28)/b25-24+. The van der Waals surface area contributed by atoms with Gasteiger partial charge in [0.1, 0.15) is 0 Å². The molecule has 1 aromatic heterocycles. The second kappa shape index (κ2) is 6.96. The Labute approximate surface area is 169 Å². The van der Waals surface area contributed by atoms with Crippen LogP contribution in [0.3, 0.4) is 0 Å². The maximum Gasteiger partial charge on any atom is 0.0650 e. The number of aryl methyl sites for hydroxylation is 1. The molecule has 1 fully saturated rings. The Balaban J connectivity index is 1.82. The lowest BCUT2D eigenvalue weighted by Gasteiger charge is -2.19. The number of fused-ring (bicyclic) bond motifs is 1. The quantitative estimate of drug-likeness (QED) is 0.381. The van der Waals surface area contributed by atoms with Crippen molar-refractivity contribution in [2.75, 3.05) is 0 Å². The number of rotatable bonds is 4. The molecule has 0 bridgehead atoms. The molecule has 0 unspecified atom stereocenters. The Hall–Kier alpha value is -2.84. The molecular formula is C25H21ClN2. The zero-order chi connectivity index (χ0) is 19.1. The molecule has 4 aromatic rings. The lowest BCUT2D eigenvalue weighted by Crippen LogP contribution is -1.99. The third-order valence-electron chi connectivity index (χ3n) is 5.52. The van der Waals surface area contributed by atoms with Crippen LogP contribution in [-0.2, 0) is 0 Å². The molecule has 0 radical (unpaired) electrons. The predicted molar refractivity (Wildman–Crippen MR) is 117 cm³/mol. The number of allylic oxidation sites excluding steroid dienone is 1. The van der Waals surface area contributed by atoms with Crippen LogP contribution in [0.25, 0.3) is 22.0 Å². The second-order valence-electron chi connectivity index (χ2n) is 7.56. The van der Waals surface area contributed by atoms with Crippen molar-refractivity contribution in [1.82, 2.24) is 10.2 Å². The first-order chi connectivity index (χ1) is 13.7. The Morgan fingerprint density at radius 1 is 0.964 bits per heavy atom. The van der Waals surface area contributed by atoms with E-state index in [1.165, 1.54) is 46.2 Å². The number of aromatic nitrogens is 2. The molecule has 2 nitrogen and oxygen atoms in total. The van der Waals surface area contributed by atoms with Crippen LogP contribution < -0.4 is 0 Å². The van der Waals surface area contributed by atoms with Gasteiger partial charge in [0.25, 0.3) is 0 Å². The van der Waals surface area contributed by atoms with Crippen LogP contribution in [-0.4, -0.2) is 10.2 Å². The molecule has 28 heavy (non-hydrogen) atoms. The van der Waals surface area contributed by atoms with Crippen LogP contribution in [0, 0.1) is 12.8 Å². The summed E-state index contributed by atoms with van der Waals surface area (Å²) in [7, 11) is 0. The molecule has 0 saturated heterocycles. The van der Waals surface area contributed by atoms with E-state index in [4.69, 9.17) is 11.6 Å². The fourth-order valence-electron chi connectivity index (χ4n) is 4.04. The smallest absolute Gasteiger partial charge is 0.0650 e. The molecule has 1 heterocycles. The van der Waals surface area contributed by atoms with Crippen LogP contribution in [0.2, 0.25) is 5.02 Å². The van der Waals surface area contributed by atoms with Crippen LogP contribution in [0.4, 0.5) is 0 Å². The average Bonchev–Trinajstić information content (AvgIpc) is 3.43. The Kier molecular flexibility index (Phi) is 4.29. The molecular weight excluding hydrogens is 364 g/mol. The highest BCUT2D eigenvalue weighted by Crippen LogP contribution is 2.48. The van der Waals surface area contributed by atoms with E-state index in [1.54, 1.807) is 0 Å². The van der Waals surface area contributed by atoms with Gasteiger partial charge in [-0.15, -0.1) is 0 Å². The number of aromatic amines is 1. The van der Waals surface area contributed by atoms with Gasteiger partial charge in [-0.05, 0) is 83.3 Å². The lowest BCUT2D eigenvalue weighted by molar-refractivity contribution is 1.12. The highest BCUT2D eigenvalue weighted by Gasteiger charge is 2.31. The number of halogens is 1. The van der Waals surface area contributed by atoms with E-state index >= 15 is 0 Å². The molecule has 138 valence electrons. The van der Waals surface area contributed by atoms with Crippen molar-refractivity contribution >= 4 is 33.7 Å². The number of nitrogens with zero attached hydrogens (tertiary/aromatic N) is 1. The van der Waals surface area contributed by atoms with E-state index in [2.05, 4.69) is 77.8 Å². The molecule has 1 saturated carbocycles. The zero-order valence-corrected chi connectivity index (χ0v) is 16.5. The van der Waals surface area contributed by atoms with Crippen molar-refractivity contribution in [2.45, 2.75) is 19.8 Å². The summed E-state index contributed by atoms with van der Waals surface area (Å²) < 4.78 is 0. The first kappa shape index (κ1) is 17.3. The summed E-state index contributed by atoms with van der Waals surface area (Å²) in [6, 6.07) is 23.6. The van der Waals surface area contributed by atoms with Crippen LogP contribution in [0.15, 0.2) is 72.9 Å². The van der Waals surface area contributed by atoms with E-state index in [0.717, 1.165) is 15.9 Å². The molecule has 0 atom stereocenters. The summed E-state index contributed by atoms with van der Waals surface area (Å²) >= 11 is 6.26. The lowest BCUT2D eigenvalue weighted by atomic mass is 9.85. The van der Waals surface area contributed by atoms with E-state index in [0.29, 0.717) is 5.92 Å². The van der Waals surface area contributed by atoms with Crippen molar-refractivity contribution in [1.29, 1.82) is 0 Å². The maximum absolute atomic E-state index is 6.26. The van der Waals surface area contributed by atoms with Gasteiger partial charge in [-0.3, -0.25) is 5.10 Å². The molecule has 0 aliphatic heterocycles. The summed E-state index contributed by atoms with van der Waals surface area (Å²) in [6.45, 7) is 2.16. The topological polar surface area (TPSA) is 28.7 Å². The minimum atomic E-state index is 0.593. The Morgan fingerprint density at radius 3 is 2.54 bits per heavy atom. The van der Waals surface area contributed by atoms with E-state index in [9.17, 15) is 0 Å². The van der Waals surface area contributed by atoms with Gasteiger partial charge in [-0.25, -0.2) is 0 Å². The third-order valence-corrected chi connectivity index (χ3v) is 5.76. The van der Waals surface area contributed by atoms with Gasteiger partial charge < -0.3 is 0 Å². The second-order valence-corrected chi connectivity index (χ2v) is 8.00. The molecule has 3 aromatic carbocycles. The van der Waals surface area contributed by atoms with Crippen molar-refractivity contribution in [3.63, 3.8) is 0 Å². The Bertz CT molecular complexity index is 1180. The normalized spacial score (nSPS) is 14.9. The largest absolute Gasteiger partial charge is 0.278 e. The summed E-state index contributed by atoms with van der Waals surface area (Å²) in [5.74, 6) is 0.593. The molecule has 0 spiro atoms. The average molecular weight is 385 g/mol. The van der Waals surface area contributed by atoms with E-state index in [-0.39, 0.29) is 0 Å². The number of H-pyrrole nitrogens is 1. The first-order valence-corrected chi connectivity index (χ1v) is 10.1. The van der Waals surface area contributed by atoms with E-state index < -0.39 is 0 Å². The van der Waals surface area contributed by atoms with Crippen molar-refractivity contribution in [2.24, 2.45) is 5.92 Å². The molecule has 1 aliphatic rings. The van der Waals surface area contributed by atoms with Gasteiger partial charge in [-0.2, -0.15) is 5.10 Å². The zero-order valence-electron chi connectivity index (χ0n) is 15.7. The third kappa shape index (κ3) is 3.14. The van der Waals surface area contributed by atoms with Crippen molar-refractivity contribution in [3.8, 4) is 0 Å². The minimum absolute atomic E-state index is 0.593. The summed E-state index contributed by atoms with van der Waals surface area (Å²) in [5.41, 5.74) is 8.83. The van der Waals surface area contributed by atoms with Gasteiger partial charge in [0.05, 0.1) is 11.7 Å². The van der Waals surface area contributed by atoms with Gasteiger partial charge in [0.15, 0.2) is 0 Å². The van der Waals surface area contributed by atoms with Crippen LogP contribution >= 0.6 is 11.6 Å². The molecule has 1 aliphatic carbocycles. The molecule has 1 N–H and O–H groups in total. The number of hydrogen-bond donors (Lipinski definition) is 1. The monoisotopic (exact) mass is 384 g/mol. The minimum Gasteiger partial charge on any atom is -0.278 e. The van der Waals surface area contributed by atoms with Gasteiger partial charge in [0.2, 0.25) is 0 Å². The van der Waals surface area contributed by atoms with Gasteiger partial charge in [-0.1, -0.05) is 54.1 Å². The molecule has 5 rings (SSSR count). The van der Waals surface area contributed by atoms with Crippen LogP contribution in [0.1, 0.15) is 35.1 Å². The van der Waals surface area contributed by atoms with Crippen molar-refractivity contribution < 1.29 is 0 Å². The highest BCUT2D eigenvalue weighted by molar-refractivity contribution is 6.30. The Morgan fingerprint density at radius 2 is 1.79 bits per heavy atom. The highest BCUT2D eigenvalue weighted by atomic mass is 35.5. The SMILES string of the molecule is Cc1cc(Cl)ccc1/C(=C(\c1ccccc1)c1ccc2[nH]ncc2c1)C1CC1. The first-order valence-electron chi connectivity index (χ1n) is 9.70. The molecule has 3 heteroatoms. The summed E-state index contributed by atoms with van der Waals surface area (Å²) in [4.78, 5) is 0. The van der Waals surface area contributed by atoms with Gasteiger partial charge >= 0.3 is 0 Å². The number of benzene rings is 3. The number of hydrogen-bond acceptors (Lipinski definition) is 1.